The van der Waals surface area contributed by atoms with Crippen LogP contribution < -0.4 is 0 Å². The van der Waals surface area contributed by atoms with Gasteiger partial charge in [-0.2, -0.15) is 0 Å². The molecule has 14 heavy (non-hydrogen) atoms. The number of hydrogen-bond acceptors (Lipinski definition) is 1. The number of likely N-dealkylation sites (N-methyl/N-ethyl adjacent to an activating group) is 1. The van der Waals surface area contributed by atoms with Crippen molar-refractivity contribution in [3.05, 3.63) is 33.8 Å². The summed E-state index contributed by atoms with van der Waals surface area (Å²) < 4.78 is 0. The molecule has 1 aliphatic heterocycles. The molecule has 1 heterocycles. The second kappa shape index (κ2) is 3.92. The average Bonchev–Trinajstić information content (AvgIpc) is 2.19. The molecule has 2 heteroatoms. The van der Waals surface area contributed by atoms with Gasteiger partial charge in [0, 0.05) is 18.1 Å². The molecule has 0 fully saturated rings. The number of hydrogen-bond donors (Lipinski definition) is 0. The van der Waals surface area contributed by atoms with E-state index in [1.165, 1.54) is 29.7 Å². The zero-order valence-corrected chi connectivity index (χ0v) is 9.56. The van der Waals surface area contributed by atoms with Crippen LogP contribution in [0, 0.1) is 6.92 Å². The number of benzene rings is 1. The summed E-state index contributed by atoms with van der Waals surface area (Å²) in [5.74, 6) is 0. The molecule has 0 unspecified atom stereocenters. The lowest BCUT2D eigenvalue weighted by atomic mass is 9.98. The Morgan fingerprint density at radius 2 is 2.14 bits per heavy atom. The second-order valence-electron chi connectivity index (χ2n) is 3.99. The molecule has 1 aromatic carbocycles. The fourth-order valence-corrected chi connectivity index (χ4v) is 2.22. The minimum Gasteiger partial charge on any atom is -0.299 e. The molecule has 0 bridgehead atoms. The Morgan fingerprint density at radius 1 is 1.36 bits per heavy atom. The van der Waals surface area contributed by atoms with E-state index < -0.39 is 0 Å². The van der Waals surface area contributed by atoms with Gasteiger partial charge in [-0.05, 0) is 42.6 Å². The summed E-state index contributed by atoms with van der Waals surface area (Å²) in [6.07, 6.45) is 1.17. The highest BCUT2D eigenvalue weighted by Gasteiger charge is 2.15. The highest BCUT2D eigenvalue weighted by molar-refractivity contribution is 6.31. The summed E-state index contributed by atoms with van der Waals surface area (Å²) in [5, 5.41) is 0.904. The minimum atomic E-state index is 0.904. The second-order valence-corrected chi connectivity index (χ2v) is 4.40. The fraction of sp³-hybridized carbons (Fsp3) is 0.500. The van der Waals surface area contributed by atoms with E-state index >= 15 is 0 Å². The summed E-state index contributed by atoms with van der Waals surface area (Å²) in [6, 6.07) is 4.37. The Bertz CT molecular complexity index is 346. The molecule has 1 nitrogen and oxygen atoms in total. The van der Waals surface area contributed by atoms with Crippen LogP contribution in [-0.2, 0) is 13.0 Å². The maximum atomic E-state index is 6.12. The van der Waals surface area contributed by atoms with E-state index in [2.05, 4.69) is 30.9 Å². The lowest BCUT2D eigenvalue weighted by Crippen LogP contribution is -2.30. The summed E-state index contributed by atoms with van der Waals surface area (Å²) in [4.78, 5) is 2.45. The Kier molecular flexibility index (Phi) is 2.80. The van der Waals surface area contributed by atoms with Gasteiger partial charge in [-0.25, -0.2) is 0 Å². The van der Waals surface area contributed by atoms with Crippen LogP contribution in [0.3, 0.4) is 0 Å². The van der Waals surface area contributed by atoms with E-state index in [9.17, 15) is 0 Å². The zero-order valence-electron chi connectivity index (χ0n) is 8.81. The molecule has 76 valence electrons. The van der Waals surface area contributed by atoms with Crippen LogP contribution in [-0.4, -0.2) is 18.0 Å². The van der Waals surface area contributed by atoms with Gasteiger partial charge in [0.05, 0.1) is 0 Å². The van der Waals surface area contributed by atoms with Crippen molar-refractivity contribution in [2.24, 2.45) is 0 Å². The number of nitrogens with zero attached hydrogens (tertiary/aromatic N) is 1. The molecule has 0 spiro atoms. The van der Waals surface area contributed by atoms with Gasteiger partial charge in [-0.15, -0.1) is 0 Å². The zero-order chi connectivity index (χ0) is 10.1. The third kappa shape index (κ3) is 1.79. The van der Waals surface area contributed by atoms with Crippen molar-refractivity contribution < 1.29 is 0 Å². The Morgan fingerprint density at radius 3 is 2.86 bits per heavy atom. The van der Waals surface area contributed by atoms with E-state index in [0.717, 1.165) is 18.1 Å². The van der Waals surface area contributed by atoms with Crippen LogP contribution in [0.2, 0.25) is 5.02 Å². The Labute approximate surface area is 90.7 Å². The first-order valence-corrected chi connectivity index (χ1v) is 5.58. The third-order valence-electron chi connectivity index (χ3n) is 3.02. The molecule has 2 rings (SSSR count). The molecule has 0 saturated heterocycles. The standard InChI is InChI=1S/C12H16ClN/c1-3-14-5-4-10-6-9(2)12(13)7-11(10)8-14/h6-7H,3-5,8H2,1-2H3. The van der Waals surface area contributed by atoms with Gasteiger partial charge in [0.1, 0.15) is 0 Å². The first-order valence-electron chi connectivity index (χ1n) is 5.21. The topological polar surface area (TPSA) is 3.24 Å². The number of fused-ring (bicyclic) bond motifs is 1. The van der Waals surface area contributed by atoms with E-state index in [0.29, 0.717) is 0 Å². The van der Waals surface area contributed by atoms with Crippen molar-refractivity contribution in [1.82, 2.24) is 4.90 Å². The van der Waals surface area contributed by atoms with Crippen LogP contribution in [0.25, 0.3) is 0 Å². The van der Waals surface area contributed by atoms with Gasteiger partial charge < -0.3 is 0 Å². The van der Waals surface area contributed by atoms with Crippen LogP contribution in [0.15, 0.2) is 12.1 Å². The van der Waals surface area contributed by atoms with Gasteiger partial charge in [0.15, 0.2) is 0 Å². The first-order chi connectivity index (χ1) is 6.70. The molecule has 1 aromatic rings. The number of aryl methyl sites for hydroxylation is 1. The van der Waals surface area contributed by atoms with Crippen molar-refractivity contribution >= 4 is 11.6 Å². The molecular weight excluding hydrogens is 194 g/mol. The Balaban J connectivity index is 2.33. The Hall–Kier alpha value is -0.530. The quantitative estimate of drug-likeness (QED) is 0.688. The molecule has 0 aliphatic carbocycles. The molecular formula is C12H16ClN. The maximum Gasteiger partial charge on any atom is 0.0438 e. The van der Waals surface area contributed by atoms with Crippen molar-refractivity contribution in [2.75, 3.05) is 13.1 Å². The third-order valence-corrected chi connectivity index (χ3v) is 3.43. The van der Waals surface area contributed by atoms with E-state index in [1.807, 2.05) is 0 Å². The van der Waals surface area contributed by atoms with E-state index in [1.54, 1.807) is 0 Å². The predicted molar refractivity (Wildman–Crippen MR) is 60.8 cm³/mol. The molecule has 0 saturated carbocycles. The fourth-order valence-electron chi connectivity index (χ4n) is 2.03. The van der Waals surface area contributed by atoms with E-state index in [4.69, 9.17) is 11.6 Å². The van der Waals surface area contributed by atoms with Gasteiger partial charge in [-0.1, -0.05) is 24.6 Å². The highest BCUT2D eigenvalue weighted by Crippen LogP contribution is 2.25. The summed E-state index contributed by atoms with van der Waals surface area (Å²) >= 11 is 6.12. The number of halogens is 1. The van der Waals surface area contributed by atoms with Crippen molar-refractivity contribution in [2.45, 2.75) is 26.8 Å². The average molecular weight is 210 g/mol. The van der Waals surface area contributed by atoms with Crippen LogP contribution >= 0.6 is 11.6 Å². The largest absolute Gasteiger partial charge is 0.299 e. The summed E-state index contributed by atoms with van der Waals surface area (Å²) in [6.45, 7) is 7.66. The molecule has 0 radical (unpaired) electrons. The van der Waals surface area contributed by atoms with Crippen LogP contribution in [0.4, 0.5) is 0 Å². The molecule has 0 N–H and O–H groups in total. The van der Waals surface area contributed by atoms with Gasteiger partial charge in [0.2, 0.25) is 0 Å². The monoisotopic (exact) mass is 209 g/mol. The van der Waals surface area contributed by atoms with Crippen LogP contribution in [0.5, 0.6) is 0 Å². The SMILES string of the molecule is CCN1CCc2cc(C)c(Cl)cc2C1. The minimum absolute atomic E-state index is 0.904. The van der Waals surface area contributed by atoms with Gasteiger partial charge in [-0.3, -0.25) is 4.90 Å². The van der Waals surface area contributed by atoms with Crippen molar-refractivity contribution in [3.8, 4) is 0 Å². The molecule has 0 amide bonds. The normalized spacial score (nSPS) is 16.8. The smallest absolute Gasteiger partial charge is 0.0438 e. The molecule has 0 atom stereocenters. The molecule has 0 aromatic heterocycles. The molecule has 1 aliphatic rings. The maximum absolute atomic E-state index is 6.12. The predicted octanol–water partition coefficient (Wildman–Crippen LogP) is 3.03. The lowest BCUT2D eigenvalue weighted by molar-refractivity contribution is 0.268. The lowest BCUT2D eigenvalue weighted by Gasteiger charge is -2.28. The summed E-state index contributed by atoms with van der Waals surface area (Å²) in [5.41, 5.74) is 4.10. The van der Waals surface area contributed by atoms with E-state index in [-0.39, 0.29) is 0 Å². The number of rotatable bonds is 1. The highest BCUT2D eigenvalue weighted by atomic mass is 35.5. The van der Waals surface area contributed by atoms with Crippen molar-refractivity contribution in [3.63, 3.8) is 0 Å². The van der Waals surface area contributed by atoms with Crippen LogP contribution in [0.1, 0.15) is 23.6 Å². The summed E-state index contributed by atoms with van der Waals surface area (Å²) in [7, 11) is 0. The first kappa shape index (κ1) is 10.0. The van der Waals surface area contributed by atoms with Crippen molar-refractivity contribution in [1.29, 1.82) is 0 Å². The van der Waals surface area contributed by atoms with Gasteiger partial charge in [0.25, 0.3) is 0 Å². The van der Waals surface area contributed by atoms with Gasteiger partial charge >= 0.3 is 0 Å².